The van der Waals surface area contributed by atoms with Crippen LogP contribution in [0.25, 0.3) is 5.82 Å². The average Bonchev–Trinajstić information content (AvgIpc) is 3.41. The Labute approximate surface area is 177 Å². The van der Waals surface area contributed by atoms with E-state index < -0.39 is 11.5 Å². The molecule has 1 aliphatic carbocycles. The molecule has 2 heterocycles. The standard InChI is InChI=1S/C21H16ClN7O/c1-13(19-26-12-27-29(19)18-3-2-14(9-23)10-25-18)28-20(30)15-6-16(8-17(22)7-15)21(11-24)4-5-21/h2-3,6-8,10,12-13H,4-5H2,1H3,(H,28,30)/t13-/m1/s1. The molecule has 2 aromatic heterocycles. The summed E-state index contributed by atoms with van der Waals surface area (Å²) in [4.78, 5) is 21.3. The molecule has 1 fully saturated rings. The van der Waals surface area contributed by atoms with Crippen molar-refractivity contribution in [3.8, 4) is 18.0 Å². The van der Waals surface area contributed by atoms with Crippen molar-refractivity contribution in [3.63, 3.8) is 0 Å². The van der Waals surface area contributed by atoms with Crippen molar-refractivity contribution >= 4 is 17.5 Å². The highest BCUT2D eigenvalue weighted by molar-refractivity contribution is 6.31. The molecule has 30 heavy (non-hydrogen) atoms. The number of hydrogen-bond acceptors (Lipinski definition) is 6. The minimum absolute atomic E-state index is 0.331. The van der Waals surface area contributed by atoms with Gasteiger partial charge in [0.1, 0.15) is 12.4 Å². The fourth-order valence-corrected chi connectivity index (χ4v) is 3.47. The fourth-order valence-electron chi connectivity index (χ4n) is 3.23. The van der Waals surface area contributed by atoms with Crippen molar-refractivity contribution < 1.29 is 4.79 Å². The third kappa shape index (κ3) is 3.61. The largest absolute Gasteiger partial charge is 0.342 e. The summed E-state index contributed by atoms with van der Waals surface area (Å²) < 4.78 is 1.50. The molecular formula is C21H16ClN7O. The molecule has 0 bridgehead atoms. The minimum Gasteiger partial charge on any atom is -0.342 e. The van der Waals surface area contributed by atoms with Crippen molar-refractivity contribution in [2.45, 2.75) is 31.2 Å². The maximum atomic E-state index is 12.9. The highest BCUT2D eigenvalue weighted by Gasteiger charge is 2.45. The molecule has 1 aromatic carbocycles. The predicted octanol–water partition coefficient (Wildman–Crippen LogP) is 3.23. The third-order valence-corrected chi connectivity index (χ3v) is 5.30. The van der Waals surface area contributed by atoms with Gasteiger partial charge in [-0.1, -0.05) is 11.6 Å². The summed E-state index contributed by atoms with van der Waals surface area (Å²) in [6.45, 7) is 1.78. The van der Waals surface area contributed by atoms with Gasteiger partial charge < -0.3 is 5.32 Å². The molecule has 1 amide bonds. The molecule has 148 valence electrons. The topological polar surface area (TPSA) is 120 Å². The number of hydrogen-bond donors (Lipinski definition) is 1. The summed E-state index contributed by atoms with van der Waals surface area (Å²) in [6.07, 6.45) is 4.35. The summed E-state index contributed by atoms with van der Waals surface area (Å²) >= 11 is 6.20. The van der Waals surface area contributed by atoms with Gasteiger partial charge >= 0.3 is 0 Å². The first-order valence-corrected chi connectivity index (χ1v) is 9.63. The van der Waals surface area contributed by atoms with Gasteiger partial charge in [0.25, 0.3) is 5.91 Å². The number of carbonyl (C=O) groups excluding carboxylic acids is 1. The van der Waals surface area contributed by atoms with Crippen LogP contribution in [0.2, 0.25) is 5.02 Å². The van der Waals surface area contributed by atoms with Crippen LogP contribution in [-0.2, 0) is 5.41 Å². The van der Waals surface area contributed by atoms with Gasteiger partial charge in [-0.15, -0.1) is 0 Å². The van der Waals surface area contributed by atoms with Crippen LogP contribution >= 0.6 is 11.6 Å². The molecule has 0 unspecified atom stereocenters. The summed E-state index contributed by atoms with van der Waals surface area (Å²) in [5.74, 6) is 0.637. The maximum Gasteiger partial charge on any atom is 0.251 e. The van der Waals surface area contributed by atoms with E-state index in [9.17, 15) is 10.1 Å². The van der Waals surface area contributed by atoms with Crippen molar-refractivity contribution in [3.05, 3.63) is 70.4 Å². The van der Waals surface area contributed by atoms with E-state index in [-0.39, 0.29) is 5.91 Å². The number of carbonyl (C=O) groups is 1. The van der Waals surface area contributed by atoms with Crippen LogP contribution in [0, 0.1) is 22.7 Å². The van der Waals surface area contributed by atoms with E-state index in [1.54, 1.807) is 37.3 Å². The Bertz CT molecular complexity index is 1200. The Morgan fingerprint density at radius 3 is 2.70 bits per heavy atom. The van der Waals surface area contributed by atoms with Gasteiger partial charge in [0.2, 0.25) is 0 Å². The van der Waals surface area contributed by atoms with Crippen molar-refractivity contribution in [2.24, 2.45) is 0 Å². The first-order chi connectivity index (χ1) is 14.5. The van der Waals surface area contributed by atoms with Crippen LogP contribution in [0.5, 0.6) is 0 Å². The van der Waals surface area contributed by atoms with Gasteiger partial charge in [-0.25, -0.2) is 9.97 Å². The normalized spacial score (nSPS) is 14.9. The number of nitrogens with one attached hydrogen (secondary N) is 1. The molecular weight excluding hydrogens is 402 g/mol. The number of pyridine rings is 1. The Hall–Kier alpha value is -3.75. The Kier molecular flexibility index (Phi) is 4.94. The second-order valence-corrected chi connectivity index (χ2v) is 7.60. The summed E-state index contributed by atoms with van der Waals surface area (Å²) in [7, 11) is 0. The van der Waals surface area contributed by atoms with Crippen LogP contribution in [0.4, 0.5) is 0 Å². The number of halogens is 1. The predicted molar refractivity (Wildman–Crippen MR) is 108 cm³/mol. The summed E-state index contributed by atoms with van der Waals surface area (Å²) in [5, 5.41) is 25.8. The van der Waals surface area contributed by atoms with Crippen LogP contribution in [0.15, 0.2) is 42.9 Å². The van der Waals surface area contributed by atoms with E-state index in [2.05, 4.69) is 26.5 Å². The molecule has 1 N–H and O–H groups in total. The fraction of sp³-hybridized carbons (Fsp3) is 0.238. The van der Waals surface area contributed by atoms with Gasteiger partial charge in [-0.3, -0.25) is 4.79 Å². The lowest BCUT2D eigenvalue weighted by Gasteiger charge is -2.15. The summed E-state index contributed by atoms with van der Waals surface area (Å²) in [6, 6.07) is 12.2. The molecule has 1 aliphatic rings. The van der Waals surface area contributed by atoms with E-state index in [0.717, 1.165) is 18.4 Å². The lowest BCUT2D eigenvalue weighted by Crippen LogP contribution is -2.29. The number of nitriles is 2. The van der Waals surface area contributed by atoms with Crippen LogP contribution in [0.1, 0.15) is 53.1 Å². The van der Waals surface area contributed by atoms with Crippen molar-refractivity contribution in [1.29, 1.82) is 10.5 Å². The lowest BCUT2D eigenvalue weighted by molar-refractivity contribution is 0.0937. The smallest absolute Gasteiger partial charge is 0.251 e. The molecule has 0 spiro atoms. The number of aromatic nitrogens is 4. The SMILES string of the molecule is C[C@@H](NC(=O)c1cc(Cl)cc(C2(C#N)CC2)c1)c1ncnn1-c1ccc(C#N)cn1. The lowest BCUT2D eigenvalue weighted by atomic mass is 9.95. The number of benzene rings is 1. The highest BCUT2D eigenvalue weighted by atomic mass is 35.5. The third-order valence-electron chi connectivity index (χ3n) is 5.08. The van der Waals surface area contributed by atoms with Crippen LogP contribution < -0.4 is 5.32 Å². The Morgan fingerprint density at radius 1 is 1.27 bits per heavy atom. The molecule has 0 aliphatic heterocycles. The zero-order chi connectivity index (χ0) is 21.3. The Morgan fingerprint density at radius 2 is 2.07 bits per heavy atom. The molecule has 0 saturated heterocycles. The zero-order valence-electron chi connectivity index (χ0n) is 16.0. The number of nitrogens with zero attached hydrogens (tertiary/aromatic N) is 6. The average molecular weight is 418 g/mol. The Balaban J connectivity index is 1.56. The first kappa shape index (κ1) is 19.6. The first-order valence-electron chi connectivity index (χ1n) is 9.25. The minimum atomic E-state index is -0.535. The molecule has 1 saturated carbocycles. The second-order valence-electron chi connectivity index (χ2n) is 7.16. The van der Waals surface area contributed by atoms with E-state index >= 15 is 0 Å². The molecule has 1 atom stereocenters. The zero-order valence-corrected chi connectivity index (χ0v) is 16.8. The van der Waals surface area contributed by atoms with E-state index in [1.807, 2.05) is 6.07 Å². The van der Waals surface area contributed by atoms with Gasteiger partial charge in [0, 0.05) is 16.8 Å². The number of rotatable bonds is 5. The molecule has 4 rings (SSSR count). The van der Waals surface area contributed by atoms with Crippen molar-refractivity contribution in [2.75, 3.05) is 0 Å². The van der Waals surface area contributed by atoms with E-state index in [1.165, 1.54) is 17.2 Å². The molecule has 9 heteroatoms. The molecule has 3 aromatic rings. The molecule has 8 nitrogen and oxygen atoms in total. The summed E-state index contributed by atoms with van der Waals surface area (Å²) in [5.41, 5.74) is 1.05. The van der Waals surface area contributed by atoms with Gasteiger partial charge in [0.15, 0.2) is 11.6 Å². The quantitative estimate of drug-likeness (QED) is 0.680. The van der Waals surface area contributed by atoms with Crippen LogP contribution in [-0.4, -0.2) is 25.7 Å². The van der Waals surface area contributed by atoms with Crippen LogP contribution in [0.3, 0.4) is 0 Å². The van der Waals surface area contributed by atoms with Gasteiger partial charge in [-0.05, 0) is 55.7 Å². The maximum absolute atomic E-state index is 12.9. The van der Waals surface area contributed by atoms with E-state index in [4.69, 9.17) is 16.9 Å². The van der Waals surface area contributed by atoms with Gasteiger partial charge in [0.05, 0.1) is 23.1 Å². The highest BCUT2D eigenvalue weighted by Crippen LogP contribution is 2.48. The van der Waals surface area contributed by atoms with Gasteiger partial charge in [-0.2, -0.15) is 20.3 Å². The monoisotopic (exact) mass is 417 g/mol. The van der Waals surface area contributed by atoms with E-state index in [0.29, 0.717) is 27.8 Å². The molecule has 0 radical (unpaired) electrons. The second kappa shape index (κ2) is 7.58. The van der Waals surface area contributed by atoms with Crippen molar-refractivity contribution in [1.82, 2.24) is 25.1 Å². The number of amides is 1.